The Balaban J connectivity index is 1.64. The molecule has 0 radical (unpaired) electrons. The van der Waals surface area contributed by atoms with Gasteiger partial charge in [0.15, 0.2) is 5.16 Å². The summed E-state index contributed by atoms with van der Waals surface area (Å²) in [6.07, 6.45) is 0.733. The van der Waals surface area contributed by atoms with Gasteiger partial charge >= 0.3 is 0 Å². The normalized spacial score (nSPS) is 11.2. The number of halogens is 1. The lowest BCUT2D eigenvalue weighted by molar-refractivity contribution is -0.113. The van der Waals surface area contributed by atoms with Crippen LogP contribution in [-0.2, 0) is 11.3 Å². The van der Waals surface area contributed by atoms with Gasteiger partial charge in [0, 0.05) is 17.6 Å². The molecule has 1 amide bonds. The third kappa shape index (κ3) is 3.88. The van der Waals surface area contributed by atoms with E-state index in [4.69, 9.17) is 4.42 Å². The Morgan fingerprint density at radius 3 is 2.86 bits per heavy atom. The number of aromatic nitrogens is 2. The highest BCUT2D eigenvalue weighted by atomic mass is 32.2. The van der Waals surface area contributed by atoms with Gasteiger partial charge in [-0.15, -0.1) is 0 Å². The van der Waals surface area contributed by atoms with Crippen molar-refractivity contribution >= 4 is 45.4 Å². The molecule has 29 heavy (non-hydrogen) atoms. The predicted octanol–water partition coefficient (Wildman–Crippen LogP) is 4.42. The second-order valence-electron chi connectivity index (χ2n) is 6.47. The fourth-order valence-corrected chi connectivity index (χ4v) is 3.90. The first-order chi connectivity index (χ1) is 14.1. The molecule has 0 fully saturated rings. The summed E-state index contributed by atoms with van der Waals surface area (Å²) in [6.45, 7) is 2.42. The Morgan fingerprint density at radius 1 is 1.24 bits per heavy atom. The summed E-state index contributed by atoms with van der Waals surface area (Å²) in [5, 5.41) is 3.86. The second kappa shape index (κ2) is 8.08. The zero-order chi connectivity index (χ0) is 20.4. The third-order valence-electron chi connectivity index (χ3n) is 4.33. The molecule has 4 rings (SSSR count). The maximum Gasteiger partial charge on any atom is 0.297 e. The molecule has 6 nitrogen and oxygen atoms in total. The average Bonchev–Trinajstić information content (AvgIpc) is 3.08. The molecule has 1 N–H and O–H groups in total. The second-order valence-corrected chi connectivity index (χ2v) is 7.42. The molecule has 0 unspecified atom stereocenters. The van der Waals surface area contributed by atoms with Crippen molar-refractivity contribution in [3.63, 3.8) is 0 Å². The van der Waals surface area contributed by atoms with Gasteiger partial charge < -0.3 is 9.73 Å². The summed E-state index contributed by atoms with van der Waals surface area (Å²) >= 11 is 1.16. The first-order valence-electron chi connectivity index (χ1n) is 9.17. The van der Waals surface area contributed by atoms with Gasteiger partial charge in [-0.05, 0) is 36.8 Å². The molecular weight excluding hydrogens is 393 g/mol. The number of hydrogen-bond acceptors (Lipinski definition) is 5. The number of nitrogens with zero attached hydrogens (tertiary/aromatic N) is 2. The summed E-state index contributed by atoms with van der Waals surface area (Å²) in [7, 11) is 0. The number of furan rings is 1. The lowest BCUT2D eigenvalue weighted by Crippen LogP contribution is -2.23. The topological polar surface area (TPSA) is 77.1 Å². The van der Waals surface area contributed by atoms with Crippen LogP contribution in [0.25, 0.3) is 22.1 Å². The van der Waals surface area contributed by atoms with E-state index in [0.29, 0.717) is 28.5 Å². The highest BCUT2D eigenvalue weighted by Crippen LogP contribution is 2.27. The van der Waals surface area contributed by atoms with E-state index in [1.54, 1.807) is 12.1 Å². The van der Waals surface area contributed by atoms with Gasteiger partial charge in [-0.2, -0.15) is 0 Å². The molecule has 148 valence electrons. The number of amides is 1. The minimum absolute atomic E-state index is 0.0357. The van der Waals surface area contributed by atoms with E-state index in [2.05, 4.69) is 10.3 Å². The van der Waals surface area contributed by atoms with Gasteiger partial charge in [0.2, 0.25) is 11.5 Å². The number of para-hydroxylation sites is 1. The SMILES string of the molecule is CCCn1c(SCC(=O)Nc2cccc(F)c2)nc2c(oc3ccccc32)c1=O. The van der Waals surface area contributed by atoms with Gasteiger partial charge in [-0.25, -0.2) is 9.37 Å². The summed E-state index contributed by atoms with van der Waals surface area (Å²) in [5.41, 5.74) is 1.42. The monoisotopic (exact) mass is 411 g/mol. The molecule has 8 heteroatoms. The number of carbonyl (C=O) groups is 1. The van der Waals surface area contributed by atoms with Crippen molar-refractivity contribution in [1.82, 2.24) is 9.55 Å². The Morgan fingerprint density at radius 2 is 2.07 bits per heavy atom. The lowest BCUT2D eigenvalue weighted by atomic mass is 10.2. The molecule has 0 spiro atoms. The van der Waals surface area contributed by atoms with Crippen LogP contribution in [0, 0.1) is 5.82 Å². The van der Waals surface area contributed by atoms with Gasteiger partial charge in [-0.3, -0.25) is 14.2 Å². The van der Waals surface area contributed by atoms with E-state index in [1.807, 2.05) is 25.1 Å². The van der Waals surface area contributed by atoms with Crippen LogP contribution in [0.2, 0.25) is 0 Å². The Kier molecular flexibility index (Phi) is 5.35. The van der Waals surface area contributed by atoms with Crippen molar-refractivity contribution in [3.05, 3.63) is 64.7 Å². The lowest BCUT2D eigenvalue weighted by Gasteiger charge is -2.10. The van der Waals surface area contributed by atoms with Crippen LogP contribution in [0.15, 0.2) is 62.9 Å². The van der Waals surface area contributed by atoms with Gasteiger partial charge in [0.1, 0.15) is 16.9 Å². The van der Waals surface area contributed by atoms with Crippen LogP contribution < -0.4 is 10.9 Å². The smallest absolute Gasteiger partial charge is 0.297 e. The van der Waals surface area contributed by atoms with E-state index in [9.17, 15) is 14.0 Å². The first kappa shape index (κ1) is 19.2. The molecule has 0 atom stereocenters. The molecular formula is C21H18FN3O3S. The van der Waals surface area contributed by atoms with Crippen molar-refractivity contribution in [2.75, 3.05) is 11.1 Å². The standard InChI is InChI=1S/C21H18FN3O3S/c1-2-10-25-20(27)19-18(15-8-3-4-9-16(15)28-19)24-21(25)29-12-17(26)23-14-7-5-6-13(22)11-14/h3-9,11H,2,10,12H2,1H3,(H,23,26). The van der Waals surface area contributed by atoms with Crippen LogP contribution in [0.3, 0.4) is 0 Å². The third-order valence-corrected chi connectivity index (χ3v) is 5.31. The summed E-state index contributed by atoms with van der Waals surface area (Å²) in [4.78, 5) is 29.9. The fraction of sp³-hybridized carbons (Fsp3) is 0.190. The Bertz CT molecular complexity index is 1270. The van der Waals surface area contributed by atoms with E-state index in [1.165, 1.54) is 22.8 Å². The van der Waals surface area contributed by atoms with Crippen molar-refractivity contribution < 1.29 is 13.6 Å². The van der Waals surface area contributed by atoms with Crippen LogP contribution in [0.5, 0.6) is 0 Å². The first-order valence-corrected chi connectivity index (χ1v) is 10.2. The summed E-state index contributed by atoms with van der Waals surface area (Å²) < 4.78 is 20.5. The molecule has 2 aromatic heterocycles. The number of hydrogen-bond donors (Lipinski definition) is 1. The van der Waals surface area contributed by atoms with Crippen LogP contribution >= 0.6 is 11.8 Å². The van der Waals surface area contributed by atoms with Gasteiger partial charge in [-0.1, -0.05) is 36.9 Å². The van der Waals surface area contributed by atoms with Crippen LogP contribution in [0.1, 0.15) is 13.3 Å². The minimum atomic E-state index is -0.425. The molecule has 0 aliphatic rings. The zero-order valence-electron chi connectivity index (χ0n) is 15.6. The summed E-state index contributed by atoms with van der Waals surface area (Å²) in [6, 6.07) is 13.0. The van der Waals surface area contributed by atoms with Crippen molar-refractivity contribution in [2.45, 2.75) is 25.0 Å². The number of rotatable bonds is 6. The molecule has 4 aromatic rings. The molecule has 0 saturated carbocycles. The maximum atomic E-state index is 13.3. The molecule has 2 heterocycles. The van der Waals surface area contributed by atoms with E-state index >= 15 is 0 Å². The largest absolute Gasteiger partial charge is 0.448 e. The van der Waals surface area contributed by atoms with Gasteiger partial charge in [0.05, 0.1) is 5.75 Å². The number of nitrogens with one attached hydrogen (secondary N) is 1. The predicted molar refractivity (Wildman–Crippen MR) is 112 cm³/mol. The number of fused-ring (bicyclic) bond motifs is 3. The van der Waals surface area contributed by atoms with Crippen molar-refractivity contribution in [3.8, 4) is 0 Å². The van der Waals surface area contributed by atoms with Crippen molar-refractivity contribution in [2.24, 2.45) is 0 Å². The molecule has 0 aliphatic heterocycles. The van der Waals surface area contributed by atoms with Gasteiger partial charge in [0.25, 0.3) is 5.56 Å². The molecule has 0 bridgehead atoms. The van der Waals surface area contributed by atoms with E-state index in [0.717, 1.165) is 23.6 Å². The molecule has 2 aromatic carbocycles. The Labute approximate surface area is 169 Å². The number of carbonyl (C=O) groups excluding carboxylic acids is 1. The number of anilines is 1. The highest BCUT2D eigenvalue weighted by molar-refractivity contribution is 7.99. The zero-order valence-corrected chi connectivity index (χ0v) is 16.5. The Hall–Kier alpha value is -3.13. The van der Waals surface area contributed by atoms with Crippen LogP contribution in [0.4, 0.5) is 10.1 Å². The average molecular weight is 411 g/mol. The quantitative estimate of drug-likeness (QED) is 0.375. The van der Waals surface area contributed by atoms with Crippen LogP contribution in [-0.4, -0.2) is 21.2 Å². The van der Waals surface area contributed by atoms with E-state index < -0.39 is 5.82 Å². The molecule has 0 saturated heterocycles. The van der Waals surface area contributed by atoms with E-state index in [-0.39, 0.29) is 22.8 Å². The molecule has 0 aliphatic carbocycles. The number of benzene rings is 2. The number of thioether (sulfide) groups is 1. The minimum Gasteiger partial charge on any atom is -0.448 e. The summed E-state index contributed by atoms with van der Waals surface area (Å²) in [5.74, 6) is -0.699. The fourth-order valence-electron chi connectivity index (χ4n) is 3.08. The van der Waals surface area contributed by atoms with Crippen molar-refractivity contribution in [1.29, 1.82) is 0 Å². The highest BCUT2D eigenvalue weighted by Gasteiger charge is 2.18. The maximum absolute atomic E-state index is 13.3.